The van der Waals surface area contributed by atoms with Crippen LogP contribution in [0.5, 0.6) is 5.75 Å². The molecule has 1 aliphatic rings. The number of ether oxygens (including phenoxy) is 1. The van der Waals surface area contributed by atoms with Gasteiger partial charge in [-0.25, -0.2) is 0 Å². The number of thiophene rings is 1. The van der Waals surface area contributed by atoms with E-state index in [2.05, 4.69) is 26.7 Å². The number of aliphatic hydroxyl groups is 1. The first kappa shape index (κ1) is 23.5. The molecule has 1 atom stereocenters. The minimum absolute atomic E-state index is 0.232. The lowest BCUT2D eigenvalue weighted by molar-refractivity contribution is 0.0522. The molecule has 1 fully saturated rings. The fraction of sp³-hybridized carbons (Fsp3) is 0.500. The Morgan fingerprint density at radius 3 is 2.81 bits per heavy atom. The van der Waals surface area contributed by atoms with E-state index in [4.69, 9.17) is 16.3 Å². The molecule has 0 saturated carbocycles. The summed E-state index contributed by atoms with van der Waals surface area (Å²) in [5.41, 5.74) is 3.49. The summed E-state index contributed by atoms with van der Waals surface area (Å²) < 4.78 is 5.38. The highest BCUT2D eigenvalue weighted by Gasteiger charge is 2.25. The van der Waals surface area contributed by atoms with Gasteiger partial charge in [-0.3, -0.25) is 4.98 Å². The Morgan fingerprint density at radius 2 is 2.06 bits per heavy atom. The molecule has 4 nitrogen and oxygen atoms in total. The summed E-state index contributed by atoms with van der Waals surface area (Å²) in [7, 11) is 1.67. The number of hydrogen-bond acceptors (Lipinski definition) is 5. The zero-order valence-electron chi connectivity index (χ0n) is 18.8. The number of aromatic nitrogens is 1. The second-order valence-corrected chi connectivity index (χ2v) is 10.0. The molecule has 172 valence electrons. The van der Waals surface area contributed by atoms with E-state index in [0.29, 0.717) is 10.9 Å². The number of fused-ring (bicyclic) bond motifs is 1. The molecule has 0 bridgehead atoms. The summed E-state index contributed by atoms with van der Waals surface area (Å²) in [4.78, 5) is 7.00. The number of pyridine rings is 1. The lowest BCUT2D eigenvalue weighted by Crippen LogP contribution is -2.38. The molecule has 1 saturated heterocycles. The number of nitrogens with zero attached hydrogens (tertiary/aromatic N) is 2. The van der Waals surface area contributed by atoms with Crippen molar-refractivity contribution in [3.63, 3.8) is 0 Å². The number of likely N-dealkylation sites (tertiary alicyclic amines) is 1. The monoisotopic (exact) mass is 472 g/mol. The van der Waals surface area contributed by atoms with E-state index < -0.39 is 0 Å². The van der Waals surface area contributed by atoms with E-state index in [1.165, 1.54) is 18.4 Å². The first-order chi connectivity index (χ1) is 15.6. The third-order valence-corrected chi connectivity index (χ3v) is 7.81. The van der Waals surface area contributed by atoms with Gasteiger partial charge in [0.05, 0.1) is 23.8 Å². The van der Waals surface area contributed by atoms with Crippen LogP contribution in [0.4, 0.5) is 0 Å². The van der Waals surface area contributed by atoms with Gasteiger partial charge in [0.1, 0.15) is 5.75 Å². The molecular weight excluding hydrogens is 440 g/mol. The predicted molar refractivity (Wildman–Crippen MR) is 134 cm³/mol. The fourth-order valence-corrected chi connectivity index (χ4v) is 5.76. The molecule has 6 heteroatoms. The number of halogens is 1. The standard InChI is InChI=1S/C26H33ClN2O2S/c1-31-21-7-8-25-23(16-21)22(24(27)17-28-25)5-2-6-26(30)20-9-13-29(14-10-20)12-3-4-19-11-15-32-18-19/h7-8,11,15-18,20,26,30H,2-6,9-10,12-14H2,1H3. The number of aliphatic hydroxyl groups excluding tert-OH is 1. The van der Waals surface area contributed by atoms with Gasteiger partial charge in [-0.1, -0.05) is 11.6 Å². The van der Waals surface area contributed by atoms with E-state index in [1.807, 2.05) is 18.2 Å². The van der Waals surface area contributed by atoms with E-state index in [-0.39, 0.29) is 6.10 Å². The molecule has 3 heterocycles. The molecule has 1 aromatic carbocycles. The largest absolute Gasteiger partial charge is 0.497 e. The summed E-state index contributed by atoms with van der Waals surface area (Å²) in [6, 6.07) is 8.13. The summed E-state index contributed by atoms with van der Waals surface area (Å²) in [5.74, 6) is 1.22. The molecule has 3 aromatic rings. The molecule has 4 rings (SSSR count). The number of benzene rings is 1. The number of methoxy groups -OCH3 is 1. The van der Waals surface area contributed by atoms with Crippen LogP contribution in [0.15, 0.2) is 41.2 Å². The van der Waals surface area contributed by atoms with Crippen molar-refractivity contribution in [2.75, 3.05) is 26.7 Å². The second kappa shape index (κ2) is 11.5. The fourth-order valence-electron chi connectivity index (χ4n) is 4.81. The summed E-state index contributed by atoms with van der Waals surface area (Å²) in [6.45, 7) is 3.37. The number of rotatable bonds is 10. The first-order valence-corrected chi connectivity index (χ1v) is 13.0. The molecule has 0 radical (unpaired) electrons. The van der Waals surface area contributed by atoms with Crippen molar-refractivity contribution in [2.24, 2.45) is 5.92 Å². The van der Waals surface area contributed by atoms with Gasteiger partial charge in [-0.05, 0) is 117 Å². The van der Waals surface area contributed by atoms with Crippen molar-refractivity contribution in [2.45, 2.75) is 51.0 Å². The molecule has 2 aromatic heterocycles. The van der Waals surface area contributed by atoms with Crippen molar-refractivity contribution < 1.29 is 9.84 Å². The normalized spacial score (nSPS) is 16.5. The van der Waals surface area contributed by atoms with Crippen LogP contribution < -0.4 is 4.74 Å². The Hall–Kier alpha value is -1.66. The lowest BCUT2D eigenvalue weighted by Gasteiger charge is -2.34. The summed E-state index contributed by atoms with van der Waals surface area (Å²) >= 11 is 8.26. The van der Waals surface area contributed by atoms with Gasteiger partial charge in [0.15, 0.2) is 0 Å². The van der Waals surface area contributed by atoms with Crippen molar-refractivity contribution in [3.8, 4) is 5.75 Å². The molecule has 1 aliphatic heterocycles. The Balaban J connectivity index is 1.23. The number of hydrogen-bond donors (Lipinski definition) is 1. The second-order valence-electron chi connectivity index (χ2n) is 8.84. The SMILES string of the molecule is COc1ccc2ncc(Cl)c(CCCC(O)C3CCN(CCCc4ccsc4)CC3)c2c1. The van der Waals surface area contributed by atoms with Crippen LogP contribution in [0.25, 0.3) is 10.9 Å². The van der Waals surface area contributed by atoms with Crippen LogP contribution in [0.2, 0.25) is 5.02 Å². The quantitative estimate of drug-likeness (QED) is 0.394. The maximum Gasteiger partial charge on any atom is 0.119 e. The topological polar surface area (TPSA) is 45.6 Å². The maximum atomic E-state index is 10.8. The average Bonchev–Trinajstić information content (AvgIpc) is 3.34. The Kier molecular flexibility index (Phi) is 8.42. The smallest absolute Gasteiger partial charge is 0.119 e. The molecular formula is C26H33ClN2O2S. The minimum Gasteiger partial charge on any atom is -0.497 e. The zero-order valence-corrected chi connectivity index (χ0v) is 20.4. The van der Waals surface area contributed by atoms with E-state index >= 15 is 0 Å². The molecule has 1 unspecified atom stereocenters. The van der Waals surface area contributed by atoms with Crippen LogP contribution in [0, 0.1) is 5.92 Å². The van der Waals surface area contributed by atoms with Gasteiger partial charge in [-0.15, -0.1) is 0 Å². The van der Waals surface area contributed by atoms with Gasteiger partial charge in [0.2, 0.25) is 0 Å². The average molecular weight is 473 g/mol. The van der Waals surface area contributed by atoms with Crippen molar-refractivity contribution in [1.29, 1.82) is 0 Å². The van der Waals surface area contributed by atoms with E-state index in [9.17, 15) is 5.11 Å². The number of aryl methyl sites for hydroxylation is 2. The highest BCUT2D eigenvalue weighted by atomic mass is 35.5. The van der Waals surface area contributed by atoms with Crippen LogP contribution in [-0.4, -0.2) is 47.8 Å². The van der Waals surface area contributed by atoms with E-state index in [0.717, 1.165) is 74.0 Å². The third-order valence-electron chi connectivity index (χ3n) is 6.76. The van der Waals surface area contributed by atoms with Gasteiger partial charge in [-0.2, -0.15) is 11.3 Å². The Labute approximate surface area is 200 Å². The van der Waals surface area contributed by atoms with Crippen LogP contribution in [0.3, 0.4) is 0 Å². The lowest BCUT2D eigenvalue weighted by atomic mass is 9.88. The molecule has 0 amide bonds. The highest BCUT2D eigenvalue weighted by molar-refractivity contribution is 7.07. The van der Waals surface area contributed by atoms with Gasteiger partial charge >= 0.3 is 0 Å². The zero-order chi connectivity index (χ0) is 22.3. The highest BCUT2D eigenvalue weighted by Crippen LogP contribution is 2.30. The van der Waals surface area contributed by atoms with Crippen molar-refractivity contribution in [3.05, 3.63) is 57.4 Å². The Bertz CT molecular complexity index is 987. The minimum atomic E-state index is -0.232. The van der Waals surface area contributed by atoms with Crippen LogP contribution >= 0.6 is 22.9 Å². The molecule has 0 spiro atoms. The van der Waals surface area contributed by atoms with Crippen molar-refractivity contribution in [1.82, 2.24) is 9.88 Å². The van der Waals surface area contributed by atoms with Gasteiger partial charge in [0, 0.05) is 11.6 Å². The summed E-state index contributed by atoms with van der Waals surface area (Å²) in [6.07, 6.45) is 8.64. The number of piperidine rings is 1. The molecule has 32 heavy (non-hydrogen) atoms. The first-order valence-electron chi connectivity index (χ1n) is 11.7. The third kappa shape index (κ3) is 6.02. The summed E-state index contributed by atoms with van der Waals surface area (Å²) in [5, 5.41) is 17.0. The van der Waals surface area contributed by atoms with Gasteiger partial charge in [0.25, 0.3) is 0 Å². The Morgan fingerprint density at radius 1 is 1.22 bits per heavy atom. The van der Waals surface area contributed by atoms with Crippen LogP contribution in [-0.2, 0) is 12.8 Å². The van der Waals surface area contributed by atoms with Crippen molar-refractivity contribution >= 4 is 33.8 Å². The van der Waals surface area contributed by atoms with Gasteiger partial charge < -0.3 is 14.7 Å². The van der Waals surface area contributed by atoms with E-state index in [1.54, 1.807) is 24.6 Å². The predicted octanol–water partition coefficient (Wildman–Crippen LogP) is 5.99. The molecule has 1 N–H and O–H groups in total. The van der Waals surface area contributed by atoms with Crippen LogP contribution in [0.1, 0.15) is 43.2 Å². The molecule has 0 aliphatic carbocycles. The maximum absolute atomic E-state index is 10.8.